The first-order valence-corrected chi connectivity index (χ1v) is 7.15. The van der Waals surface area contributed by atoms with E-state index >= 15 is 0 Å². The zero-order valence-electron chi connectivity index (χ0n) is 13.4. The summed E-state index contributed by atoms with van der Waals surface area (Å²) in [5.74, 6) is 0.385. The molecule has 0 fully saturated rings. The van der Waals surface area contributed by atoms with Crippen LogP contribution in [0.5, 0.6) is 0 Å². The van der Waals surface area contributed by atoms with E-state index in [4.69, 9.17) is 0 Å². The van der Waals surface area contributed by atoms with Crippen LogP contribution in [0.4, 0.5) is 5.82 Å². The minimum absolute atomic E-state index is 0.114. The number of carbonyl (C=O) groups is 1. The van der Waals surface area contributed by atoms with Gasteiger partial charge in [0.1, 0.15) is 17.8 Å². The first-order chi connectivity index (χ1) is 11.4. The van der Waals surface area contributed by atoms with Gasteiger partial charge in [-0.25, -0.2) is 19.3 Å². The Bertz CT molecular complexity index is 974. The fourth-order valence-corrected chi connectivity index (χ4v) is 2.20. The van der Waals surface area contributed by atoms with Crippen LogP contribution in [-0.4, -0.2) is 35.4 Å². The number of nitrogens with one attached hydrogen (secondary N) is 1. The van der Waals surface area contributed by atoms with Crippen molar-refractivity contribution < 1.29 is 4.79 Å². The Morgan fingerprint density at radius 2 is 1.92 bits per heavy atom. The van der Waals surface area contributed by atoms with Gasteiger partial charge in [-0.3, -0.25) is 9.59 Å². The molecule has 0 aliphatic rings. The predicted molar refractivity (Wildman–Crippen MR) is 86.1 cm³/mol. The summed E-state index contributed by atoms with van der Waals surface area (Å²) in [4.78, 5) is 31.7. The van der Waals surface area contributed by atoms with E-state index in [2.05, 4.69) is 25.5 Å². The van der Waals surface area contributed by atoms with E-state index in [9.17, 15) is 9.59 Å². The minimum Gasteiger partial charge on any atom is -0.305 e. The molecule has 0 aliphatic heterocycles. The summed E-state index contributed by atoms with van der Waals surface area (Å²) in [7, 11) is 1.48. The Kier molecular flexibility index (Phi) is 3.90. The average molecular weight is 325 g/mol. The maximum Gasteiger partial charge on any atom is 0.277 e. The van der Waals surface area contributed by atoms with Crippen LogP contribution in [-0.2, 0) is 7.05 Å². The lowest BCUT2D eigenvalue weighted by Gasteiger charge is -2.07. The van der Waals surface area contributed by atoms with Crippen molar-refractivity contribution in [1.29, 1.82) is 0 Å². The summed E-state index contributed by atoms with van der Waals surface area (Å²) in [5, 5.41) is 10.9. The molecule has 0 aliphatic carbocycles. The summed E-state index contributed by atoms with van der Waals surface area (Å²) in [5.41, 5.74) is 1.61. The Labute approximate surface area is 137 Å². The van der Waals surface area contributed by atoms with E-state index in [1.165, 1.54) is 25.5 Å². The minimum atomic E-state index is -0.469. The van der Waals surface area contributed by atoms with E-state index in [1.807, 2.05) is 19.9 Å². The van der Waals surface area contributed by atoms with Gasteiger partial charge in [-0.05, 0) is 26.0 Å². The number of nitrogens with zero attached hydrogens (tertiary/aromatic N) is 6. The normalized spacial score (nSPS) is 10.6. The van der Waals surface area contributed by atoms with Crippen molar-refractivity contribution in [2.24, 2.45) is 7.05 Å². The fraction of sp³-hybridized carbons (Fsp3) is 0.200. The highest BCUT2D eigenvalue weighted by molar-refractivity contribution is 6.02. The molecule has 3 heterocycles. The topological polar surface area (TPSA) is 108 Å². The molecule has 0 saturated carbocycles. The number of aryl methyl sites for hydroxylation is 3. The second-order valence-electron chi connectivity index (χ2n) is 5.23. The van der Waals surface area contributed by atoms with Crippen molar-refractivity contribution in [1.82, 2.24) is 29.5 Å². The lowest BCUT2D eigenvalue weighted by atomic mass is 10.3. The number of amides is 1. The lowest BCUT2D eigenvalue weighted by Crippen LogP contribution is -2.24. The van der Waals surface area contributed by atoms with E-state index in [0.717, 1.165) is 16.1 Å². The predicted octanol–water partition coefficient (Wildman–Crippen LogP) is 0.625. The highest BCUT2D eigenvalue weighted by atomic mass is 16.2. The van der Waals surface area contributed by atoms with Crippen molar-refractivity contribution in [2.45, 2.75) is 13.8 Å². The number of hydrogen-bond donors (Lipinski definition) is 1. The quantitative estimate of drug-likeness (QED) is 0.756. The van der Waals surface area contributed by atoms with Gasteiger partial charge < -0.3 is 5.32 Å². The zero-order chi connectivity index (χ0) is 17.3. The van der Waals surface area contributed by atoms with Crippen LogP contribution in [0.1, 0.15) is 21.9 Å². The maximum atomic E-state index is 12.2. The maximum absolute atomic E-state index is 12.2. The SMILES string of the molecule is Cc1cc(C)n(-c2cc(NC(=O)c3ccc(=O)n(C)n3)ncn2)n1. The van der Waals surface area contributed by atoms with Crippen LogP contribution >= 0.6 is 0 Å². The molecule has 0 atom stereocenters. The van der Waals surface area contributed by atoms with Crippen molar-refractivity contribution in [3.05, 3.63) is 58.0 Å². The van der Waals surface area contributed by atoms with E-state index in [0.29, 0.717) is 11.6 Å². The standard InChI is InChI=1S/C15H15N7O2/c1-9-6-10(2)22(19-9)13-7-12(16-8-17-13)18-15(24)11-4-5-14(23)21(3)20-11/h4-8H,1-3H3,(H,16,17,18,24). The molecule has 1 N–H and O–H groups in total. The Morgan fingerprint density at radius 1 is 1.12 bits per heavy atom. The average Bonchev–Trinajstić information content (AvgIpc) is 2.89. The molecule has 3 aromatic heterocycles. The van der Waals surface area contributed by atoms with E-state index in [-0.39, 0.29) is 11.3 Å². The van der Waals surface area contributed by atoms with Crippen LogP contribution < -0.4 is 10.9 Å². The molecule has 9 heteroatoms. The molecule has 122 valence electrons. The highest BCUT2D eigenvalue weighted by Gasteiger charge is 2.12. The molecule has 0 bridgehead atoms. The molecule has 1 amide bonds. The van der Waals surface area contributed by atoms with E-state index in [1.54, 1.807) is 10.7 Å². The van der Waals surface area contributed by atoms with Crippen molar-refractivity contribution in [3.8, 4) is 5.82 Å². The van der Waals surface area contributed by atoms with E-state index < -0.39 is 5.91 Å². The van der Waals surface area contributed by atoms with Crippen LogP contribution in [0.2, 0.25) is 0 Å². The summed E-state index contributed by atoms with van der Waals surface area (Å²) < 4.78 is 2.76. The van der Waals surface area contributed by atoms with Crippen LogP contribution in [0.25, 0.3) is 5.82 Å². The second-order valence-corrected chi connectivity index (χ2v) is 5.23. The van der Waals surface area contributed by atoms with Crippen LogP contribution in [0, 0.1) is 13.8 Å². The molecular formula is C15H15N7O2. The lowest BCUT2D eigenvalue weighted by molar-refractivity contribution is 0.101. The Morgan fingerprint density at radius 3 is 2.58 bits per heavy atom. The summed E-state index contributed by atoms with van der Waals surface area (Å²) in [6.45, 7) is 3.80. The number of anilines is 1. The van der Waals surface area contributed by atoms with Gasteiger partial charge in [-0.2, -0.15) is 10.2 Å². The number of carbonyl (C=O) groups excluding carboxylic acids is 1. The molecule has 3 aromatic rings. The molecule has 0 unspecified atom stereocenters. The highest BCUT2D eigenvalue weighted by Crippen LogP contribution is 2.12. The Balaban J connectivity index is 1.86. The largest absolute Gasteiger partial charge is 0.305 e. The van der Waals surface area contributed by atoms with Gasteiger partial charge in [0.2, 0.25) is 0 Å². The zero-order valence-corrected chi connectivity index (χ0v) is 13.4. The van der Waals surface area contributed by atoms with Crippen molar-refractivity contribution in [2.75, 3.05) is 5.32 Å². The summed E-state index contributed by atoms with van der Waals surface area (Å²) >= 11 is 0. The molecule has 9 nitrogen and oxygen atoms in total. The number of rotatable bonds is 3. The van der Waals surface area contributed by atoms with Gasteiger partial charge in [0, 0.05) is 24.9 Å². The van der Waals surface area contributed by atoms with Crippen molar-refractivity contribution in [3.63, 3.8) is 0 Å². The van der Waals surface area contributed by atoms with Gasteiger partial charge in [0.05, 0.1) is 5.69 Å². The van der Waals surface area contributed by atoms with Gasteiger partial charge in [-0.15, -0.1) is 0 Å². The smallest absolute Gasteiger partial charge is 0.277 e. The van der Waals surface area contributed by atoms with Gasteiger partial charge in [-0.1, -0.05) is 0 Å². The number of aromatic nitrogens is 6. The molecular weight excluding hydrogens is 310 g/mol. The third-order valence-electron chi connectivity index (χ3n) is 3.31. The van der Waals surface area contributed by atoms with Crippen molar-refractivity contribution >= 4 is 11.7 Å². The Hall–Kier alpha value is -3.36. The summed E-state index contributed by atoms with van der Waals surface area (Å²) in [6, 6.07) is 6.18. The van der Waals surface area contributed by atoms with Gasteiger partial charge in [0.15, 0.2) is 5.82 Å². The molecule has 3 rings (SSSR count). The summed E-state index contributed by atoms with van der Waals surface area (Å²) in [6.07, 6.45) is 1.34. The number of hydrogen-bond acceptors (Lipinski definition) is 6. The second kappa shape index (κ2) is 6.03. The van der Waals surface area contributed by atoms with Gasteiger partial charge >= 0.3 is 0 Å². The van der Waals surface area contributed by atoms with Crippen LogP contribution in [0.15, 0.2) is 35.4 Å². The van der Waals surface area contributed by atoms with Crippen LogP contribution in [0.3, 0.4) is 0 Å². The monoisotopic (exact) mass is 325 g/mol. The third kappa shape index (κ3) is 3.05. The third-order valence-corrected chi connectivity index (χ3v) is 3.31. The first-order valence-electron chi connectivity index (χ1n) is 7.15. The molecule has 24 heavy (non-hydrogen) atoms. The molecule has 0 saturated heterocycles. The fourth-order valence-electron chi connectivity index (χ4n) is 2.20. The first kappa shape index (κ1) is 15.5. The molecule has 0 aromatic carbocycles. The molecule has 0 radical (unpaired) electrons. The van der Waals surface area contributed by atoms with Gasteiger partial charge in [0.25, 0.3) is 11.5 Å². The molecule has 0 spiro atoms.